The van der Waals surface area contributed by atoms with Crippen LogP contribution in [0.4, 0.5) is 0 Å². The van der Waals surface area contributed by atoms with Crippen molar-refractivity contribution in [2.75, 3.05) is 33.9 Å². The molecule has 2 N–H and O–H groups in total. The number of aliphatic hydroxyl groups is 1. The minimum absolute atomic E-state index is 0.305. The van der Waals surface area contributed by atoms with Crippen LogP contribution < -0.4 is 19.5 Å². The van der Waals surface area contributed by atoms with E-state index < -0.39 is 6.10 Å². The third kappa shape index (κ3) is 3.63. The van der Waals surface area contributed by atoms with E-state index in [4.69, 9.17) is 14.2 Å². The van der Waals surface area contributed by atoms with Crippen LogP contribution in [0.5, 0.6) is 17.2 Å². The first-order chi connectivity index (χ1) is 11.7. The number of benzene rings is 2. The lowest BCUT2D eigenvalue weighted by atomic mass is 10.1. The van der Waals surface area contributed by atoms with Crippen LogP contribution in [0.3, 0.4) is 0 Å². The zero-order chi connectivity index (χ0) is 16.9. The van der Waals surface area contributed by atoms with E-state index in [2.05, 4.69) is 5.32 Å². The van der Waals surface area contributed by atoms with E-state index in [1.165, 1.54) is 10.4 Å². The molecule has 5 nitrogen and oxygen atoms in total. The molecular weight excluding hydrogens is 306 g/mol. The van der Waals surface area contributed by atoms with Gasteiger partial charge in [-0.25, -0.2) is 0 Å². The predicted molar refractivity (Wildman–Crippen MR) is 91.7 cm³/mol. The van der Waals surface area contributed by atoms with Gasteiger partial charge in [0.1, 0.15) is 18.5 Å². The summed E-state index contributed by atoms with van der Waals surface area (Å²) in [5.74, 6) is 2.35. The summed E-state index contributed by atoms with van der Waals surface area (Å²) in [7, 11) is 3.26. The van der Waals surface area contributed by atoms with Gasteiger partial charge < -0.3 is 24.6 Å². The van der Waals surface area contributed by atoms with Crippen LogP contribution in [0.25, 0.3) is 0 Å². The fraction of sp³-hybridized carbons (Fsp3) is 0.368. The molecule has 0 aromatic heterocycles. The highest BCUT2D eigenvalue weighted by Crippen LogP contribution is 2.27. The van der Waals surface area contributed by atoms with Gasteiger partial charge >= 0.3 is 0 Å². The maximum Gasteiger partial charge on any atom is 0.160 e. The molecule has 0 spiro atoms. The molecule has 0 saturated carbocycles. The highest BCUT2D eigenvalue weighted by atomic mass is 16.5. The van der Waals surface area contributed by atoms with Gasteiger partial charge in [0, 0.05) is 11.8 Å². The third-order valence-corrected chi connectivity index (χ3v) is 4.14. The van der Waals surface area contributed by atoms with Crippen LogP contribution in [0.1, 0.15) is 5.56 Å². The molecule has 1 aromatic rings. The van der Waals surface area contributed by atoms with Crippen molar-refractivity contribution in [1.29, 1.82) is 0 Å². The van der Waals surface area contributed by atoms with Crippen molar-refractivity contribution >= 4 is 0 Å². The molecule has 24 heavy (non-hydrogen) atoms. The zero-order valence-electron chi connectivity index (χ0n) is 14.0. The molecular formula is C19H23NO4. The van der Waals surface area contributed by atoms with Crippen LogP contribution in [-0.4, -0.2) is 45.1 Å². The minimum Gasteiger partial charge on any atom is -0.493 e. The first kappa shape index (κ1) is 16.6. The summed E-state index contributed by atoms with van der Waals surface area (Å²) < 4.78 is 16.1. The summed E-state index contributed by atoms with van der Waals surface area (Å²) in [5, 5.41) is 15.6. The van der Waals surface area contributed by atoms with Gasteiger partial charge in [-0.15, -0.1) is 0 Å². The third-order valence-electron chi connectivity index (χ3n) is 4.14. The average Bonchev–Trinajstić information content (AvgIpc) is 2.59. The number of hydrogen-bond donors (Lipinski definition) is 2. The van der Waals surface area contributed by atoms with E-state index in [-0.39, 0.29) is 0 Å². The SMILES string of the molecule is COc1ccc(CCNCC(O)COc2cc3ccc2=3)cc1OC. The predicted octanol–water partition coefficient (Wildman–Crippen LogP) is 1.88. The van der Waals surface area contributed by atoms with Gasteiger partial charge in [-0.05, 0) is 41.9 Å². The van der Waals surface area contributed by atoms with Crippen molar-refractivity contribution in [2.24, 2.45) is 0 Å². The number of nitrogens with one attached hydrogen (secondary N) is 1. The highest BCUT2D eigenvalue weighted by molar-refractivity contribution is 5.43. The van der Waals surface area contributed by atoms with E-state index >= 15 is 0 Å². The molecule has 1 atom stereocenters. The Morgan fingerprint density at radius 2 is 1.83 bits per heavy atom. The van der Waals surface area contributed by atoms with Gasteiger partial charge in [0.2, 0.25) is 0 Å². The van der Waals surface area contributed by atoms with Crippen molar-refractivity contribution < 1.29 is 19.3 Å². The molecule has 3 rings (SSSR count). The minimum atomic E-state index is -0.523. The number of hydrogen-bond acceptors (Lipinski definition) is 5. The maximum atomic E-state index is 9.95. The summed E-state index contributed by atoms with van der Waals surface area (Å²) in [6.45, 7) is 1.58. The van der Waals surface area contributed by atoms with Crippen LogP contribution in [0.2, 0.25) is 0 Å². The first-order valence-corrected chi connectivity index (χ1v) is 8.08. The van der Waals surface area contributed by atoms with Crippen molar-refractivity contribution in [3.8, 4) is 17.2 Å². The van der Waals surface area contributed by atoms with Crippen LogP contribution in [-0.2, 0) is 6.42 Å². The van der Waals surface area contributed by atoms with E-state index in [1.807, 2.05) is 36.4 Å². The normalized spacial score (nSPS) is 12.6. The molecule has 0 heterocycles. The molecule has 1 unspecified atom stereocenters. The van der Waals surface area contributed by atoms with Crippen LogP contribution in [0.15, 0.2) is 36.4 Å². The maximum absolute atomic E-state index is 9.95. The van der Waals surface area contributed by atoms with Gasteiger partial charge in [0.15, 0.2) is 11.5 Å². The summed E-state index contributed by atoms with van der Waals surface area (Å²) in [6, 6.07) is 12.0. The molecule has 5 heteroatoms. The molecule has 0 radical (unpaired) electrons. The summed E-state index contributed by atoms with van der Waals surface area (Å²) in [4.78, 5) is 0. The molecule has 0 aliphatic heterocycles. The fourth-order valence-electron chi connectivity index (χ4n) is 2.66. The van der Waals surface area contributed by atoms with E-state index in [9.17, 15) is 5.11 Å². The second-order valence-electron chi connectivity index (χ2n) is 5.82. The van der Waals surface area contributed by atoms with Gasteiger partial charge in [-0.3, -0.25) is 0 Å². The summed E-state index contributed by atoms with van der Waals surface area (Å²) in [6.07, 6.45) is 0.324. The molecule has 0 saturated heterocycles. The van der Waals surface area contributed by atoms with Crippen LogP contribution >= 0.6 is 0 Å². The molecule has 2 aliphatic rings. The Balaban J connectivity index is 1.35. The van der Waals surface area contributed by atoms with Gasteiger partial charge in [-0.2, -0.15) is 0 Å². The lowest BCUT2D eigenvalue weighted by Crippen LogP contribution is -2.32. The molecule has 1 aromatic carbocycles. The lowest BCUT2D eigenvalue weighted by Gasteiger charge is -2.16. The Morgan fingerprint density at radius 3 is 2.46 bits per heavy atom. The van der Waals surface area contributed by atoms with Crippen molar-refractivity contribution in [3.63, 3.8) is 0 Å². The van der Waals surface area contributed by atoms with E-state index in [1.54, 1.807) is 14.2 Å². The van der Waals surface area contributed by atoms with Gasteiger partial charge in [0.25, 0.3) is 0 Å². The Hall–Kier alpha value is -2.24. The summed E-state index contributed by atoms with van der Waals surface area (Å²) in [5.41, 5.74) is 1.15. The number of methoxy groups -OCH3 is 2. The lowest BCUT2D eigenvalue weighted by molar-refractivity contribution is 0.105. The number of rotatable bonds is 10. The van der Waals surface area contributed by atoms with Crippen molar-refractivity contribution in [3.05, 3.63) is 52.4 Å². The Labute approximate surface area is 141 Å². The van der Waals surface area contributed by atoms with Crippen LogP contribution in [0, 0.1) is 10.4 Å². The van der Waals surface area contributed by atoms with Gasteiger partial charge in [-0.1, -0.05) is 18.2 Å². The highest BCUT2D eigenvalue weighted by Gasteiger charge is 2.10. The number of ether oxygens (including phenoxy) is 3. The summed E-state index contributed by atoms with van der Waals surface area (Å²) >= 11 is 0. The Kier molecular flexibility index (Phi) is 5.23. The Morgan fingerprint density at radius 1 is 1.00 bits per heavy atom. The average molecular weight is 329 g/mol. The second-order valence-corrected chi connectivity index (χ2v) is 5.82. The first-order valence-electron chi connectivity index (χ1n) is 8.08. The quantitative estimate of drug-likeness (QED) is 0.556. The van der Waals surface area contributed by atoms with Crippen molar-refractivity contribution in [2.45, 2.75) is 12.5 Å². The van der Waals surface area contributed by atoms with Crippen molar-refractivity contribution in [1.82, 2.24) is 5.32 Å². The van der Waals surface area contributed by atoms with E-state index in [0.717, 1.165) is 35.8 Å². The largest absolute Gasteiger partial charge is 0.493 e. The molecule has 2 aliphatic carbocycles. The molecule has 128 valence electrons. The zero-order valence-corrected chi connectivity index (χ0v) is 14.0. The monoisotopic (exact) mass is 329 g/mol. The standard InChI is InChI=1S/C19H23NO4/c1-22-17-6-3-13(9-19(17)23-2)7-8-20-11-15(21)12-24-18-10-14-4-5-16(14)18/h3-6,9-10,15,20-21H,7-8,11-12H2,1-2H3. The second kappa shape index (κ2) is 7.55. The molecule has 0 bridgehead atoms. The van der Waals surface area contributed by atoms with E-state index in [0.29, 0.717) is 13.2 Å². The molecule has 0 amide bonds. The fourth-order valence-corrected chi connectivity index (χ4v) is 2.66. The number of aliphatic hydroxyl groups excluding tert-OH is 1. The molecule has 0 fully saturated rings. The van der Waals surface area contributed by atoms with Gasteiger partial charge in [0.05, 0.1) is 14.2 Å². The Bertz CT molecular complexity index is 790. The topological polar surface area (TPSA) is 60.0 Å². The smallest absolute Gasteiger partial charge is 0.160 e.